The summed E-state index contributed by atoms with van der Waals surface area (Å²) < 4.78 is 73.1. The molecule has 19 heteroatoms. The van der Waals surface area contributed by atoms with Crippen LogP contribution in [0, 0.1) is 29.1 Å². The first-order valence-electron chi connectivity index (χ1n) is 24.6. The number of methoxy groups -OCH3 is 2. The minimum Gasteiger partial charge on any atom is -0.461 e. The maximum Gasteiger partial charge on any atom is 0.319 e. The van der Waals surface area contributed by atoms with Gasteiger partial charge in [-0.25, -0.2) is 0 Å². The van der Waals surface area contributed by atoms with E-state index >= 15 is 4.79 Å². The van der Waals surface area contributed by atoms with Crippen LogP contribution in [-0.4, -0.2) is 168 Å². The van der Waals surface area contributed by atoms with Crippen LogP contribution in [0.5, 0.6) is 0 Å². The van der Waals surface area contributed by atoms with Crippen molar-refractivity contribution in [3.05, 3.63) is 23.8 Å². The van der Waals surface area contributed by atoms with Crippen LogP contribution in [-0.2, 0) is 85.6 Å². The Morgan fingerprint density at radius 2 is 1.30 bits per heavy atom. The number of rotatable bonds is 18. The number of ketones is 2. The topological polar surface area (TPSA) is 216 Å². The largest absolute Gasteiger partial charge is 0.461 e. The zero-order valence-corrected chi connectivity index (χ0v) is 44.6. The highest BCUT2D eigenvalue weighted by Crippen LogP contribution is 2.39. The van der Waals surface area contributed by atoms with Crippen LogP contribution >= 0.6 is 0 Å². The predicted octanol–water partition coefficient (Wildman–Crippen LogP) is 5.32. The fourth-order valence-corrected chi connectivity index (χ4v) is 9.69. The fraction of sp³-hybridized carbons (Fsp3) is 0.804. The molecular formula is C51H83NO18. The van der Waals surface area contributed by atoms with Crippen LogP contribution in [0.3, 0.4) is 0 Å². The number of hydrogen-bond acceptors (Lipinski definition) is 19. The maximum absolute atomic E-state index is 15.2. The van der Waals surface area contributed by atoms with Gasteiger partial charge >= 0.3 is 23.9 Å². The molecule has 16 atom stereocenters. The molecule has 0 unspecified atom stereocenters. The van der Waals surface area contributed by atoms with Gasteiger partial charge in [0.15, 0.2) is 42.6 Å². The molecule has 400 valence electrons. The van der Waals surface area contributed by atoms with Gasteiger partial charge in [-0.05, 0) is 87.4 Å². The first-order chi connectivity index (χ1) is 32.9. The number of esters is 4. The molecule has 0 N–H and O–H groups in total. The third kappa shape index (κ3) is 16.2. The summed E-state index contributed by atoms with van der Waals surface area (Å²) >= 11 is 0. The normalized spacial score (nSPS) is 35.9. The van der Waals surface area contributed by atoms with Gasteiger partial charge in [0, 0.05) is 72.4 Å². The van der Waals surface area contributed by atoms with E-state index in [4.69, 9.17) is 56.8 Å². The maximum atomic E-state index is 15.2. The van der Waals surface area contributed by atoms with Crippen molar-refractivity contribution in [2.75, 3.05) is 48.1 Å². The van der Waals surface area contributed by atoms with Gasteiger partial charge in [-0.15, -0.1) is 0 Å². The van der Waals surface area contributed by atoms with Crippen molar-refractivity contribution in [1.82, 2.24) is 4.90 Å². The molecule has 3 rings (SSSR count). The highest BCUT2D eigenvalue weighted by molar-refractivity contribution is 6.04. The van der Waals surface area contributed by atoms with Gasteiger partial charge in [-0.1, -0.05) is 38.5 Å². The summed E-state index contributed by atoms with van der Waals surface area (Å²) in [6, 6.07) is -0.763. The number of carbonyl (C=O) groups excluding carboxylic acids is 6. The lowest BCUT2D eigenvalue weighted by molar-refractivity contribution is -0.306. The highest BCUT2D eigenvalue weighted by atomic mass is 16.7. The first kappa shape index (κ1) is 60.6. The monoisotopic (exact) mass is 998 g/mol. The molecule has 0 aliphatic carbocycles. The third-order valence-electron chi connectivity index (χ3n) is 13.2. The molecule has 70 heavy (non-hydrogen) atoms. The summed E-state index contributed by atoms with van der Waals surface area (Å²) in [5, 5.41) is 0. The lowest BCUT2D eigenvalue weighted by atomic mass is 9.74. The number of carbonyl (C=O) groups is 6. The van der Waals surface area contributed by atoms with Crippen LogP contribution < -0.4 is 0 Å². The molecule has 0 aromatic rings. The number of nitrogens with zero attached hydrogens (tertiary/aromatic N) is 1. The molecule has 0 amide bonds. The van der Waals surface area contributed by atoms with Gasteiger partial charge in [-0.3, -0.25) is 33.7 Å². The average molecular weight is 998 g/mol. The predicted molar refractivity (Wildman–Crippen MR) is 254 cm³/mol. The summed E-state index contributed by atoms with van der Waals surface area (Å²) in [6.45, 7) is 21.5. The van der Waals surface area contributed by atoms with Crippen LogP contribution in [0.1, 0.15) is 109 Å². The van der Waals surface area contributed by atoms with Crippen LogP contribution in [0.4, 0.5) is 0 Å². The molecular weight excluding hydrogens is 915 g/mol. The van der Waals surface area contributed by atoms with Crippen molar-refractivity contribution in [2.45, 2.75) is 189 Å². The van der Waals surface area contributed by atoms with Crippen LogP contribution in [0.25, 0.3) is 0 Å². The van der Waals surface area contributed by atoms with Gasteiger partial charge in [0.05, 0.1) is 31.0 Å². The summed E-state index contributed by atoms with van der Waals surface area (Å²) in [4.78, 5) is 82.9. The summed E-state index contributed by atoms with van der Waals surface area (Å²) in [5.41, 5.74) is -1.11. The van der Waals surface area contributed by atoms with E-state index in [2.05, 4.69) is 0 Å². The Labute approximate surface area is 415 Å². The molecule has 3 heterocycles. The van der Waals surface area contributed by atoms with Crippen LogP contribution in [0.15, 0.2) is 23.8 Å². The van der Waals surface area contributed by atoms with E-state index in [1.165, 1.54) is 54.9 Å². The third-order valence-corrected chi connectivity index (χ3v) is 13.2. The lowest BCUT2D eigenvalue weighted by Crippen LogP contribution is -2.65. The summed E-state index contributed by atoms with van der Waals surface area (Å²) in [5.74, 6) is -6.31. The number of allylic oxidation sites excluding steroid dienone is 3. The van der Waals surface area contributed by atoms with E-state index < -0.39 is 139 Å². The second-order valence-electron chi connectivity index (χ2n) is 19.3. The quantitative estimate of drug-likeness (QED) is 0.0735. The Balaban J connectivity index is 2.20. The molecule has 0 bridgehead atoms. The van der Waals surface area contributed by atoms with E-state index in [1.54, 1.807) is 52.8 Å². The molecule has 0 aromatic heterocycles. The Bertz CT molecular complexity index is 1790. The number of cyclic esters (lactones) is 1. The minimum atomic E-state index is -1.77. The molecule has 0 spiro atoms. The standard InChI is InChI=1S/C51H83NO18/c1-18-38-36(26-63-48-46(60-17)45(59-16)43(31(8)64-48)67-33(10)54)23-27(4)21-22-37(56)28(5)24-35(25-39(61-19-2)62-20-3)41(29(6)47(57)51(12,13)50(58)69-38)70-49-44(68-34(11)55)40(52(14)15)42(30(7)65-49)66-32(9)53/h21-23,28-31,35-36,38-46,48-49H,18-20,24-26H2,1-17H3/b22-21+,27-23+/t28-,29-,30-,31-,35-,36-,38-,40+,41-,42-,43-,44-,45-,46-,48-,49+/m1/s1. The molecule has 3 aliphatic rings. The Hall–Kier alpha value is -3.66. The Morgan fingerprint density at radius 1 is 0.757 bits per heavy atom. The zero-order valence-electron chi connectivity index (χ0n) is 44.6. The van der Waals surface area contributed by atoms with Gasteiger partial charge in [0.2, 0.25) is 0 Å². The van der Waals surface area contributed by atoms with E-state index in [0.29, 0.717) is 25.2 Å². The molecule has 0 radical (unpaired) electrons. The van der Waals surface area contributed by atoms with Crippen molar-refractivity contribution < 1.29 is 85.6 Å². The second-order valence-corrected chi connectivity index (χ2v) is 19.3. The number of Topliss-reactive ketones (excluding diaryl/α,β-unsaturated/α-hetero) is 1. The smallest absolute Gasteiger partial charge is 0.319 e. The van der Waals surface area contributed by atoms with Crippen molar-refractivity contribution in [3.63, 3.8) is 0 Å². The van der Waals surface area contributed by atoms with Gasteiger partial charge in [0.25, 0.3) is 0 Å². The fourth-order valence-electron chi connectivity index (χ4n) is 9.69. The Morgan fingerprint density at radius 3 is 1.83 bits per heavy atom. The van der Waals surface area contributed by atoms with Crippen molar-refractivity contribution >= 4 is 35.4 Å². The lowest BCUT2D eigenvalue weighted by Gasteiger charge is -2.48. The van der Waals surface area contributed by atoms with Gasteiger partial charge in [0.1, 0.15) is 29.8 Å². The van der Waals surface area contributed by atoms with E-state index in [1.807, 2.05) is 33.8 Å². The molecule has 0 saturated carbocycles. The Kier molecular flexibility index (Phi) is 24.2. The molecule has 19 nitrogen and oxygen atoms in total. The first-order valence-corrected chi connectivity index (χ1v) is 24.6. The number of likely N-dealkylation sites (N-methyl/N-ethyl adjacent to an activating group) is 1. The SMILES string of the molecule is CCOC(C[C@H]1C[C@@H](C)C(=O)/C=C/C(C)=C/[C@H](CO[C@@H]2O[C@H](C)[C@@H](OC(C)=O)[C@@H](OC)[C@H]2OC)[C@@H](CC)OC(=O)C(C)(C)C(=O)[C@H](C)[C@H]1O[C@@H]1O[C@H](C)[C@@H](OC(C)=O)[C@H](N(C)C)[C@H]1OC(C)=O)OCC. The molecule has 0 aromatic carbocycles. The van der Waals surface area contributed by atoms with E-state index in [0.717, 1.165) is 0 Å². The summed E-state index contributed by atoms with van der Waals surface area (Å²) in [6.07, 6.45) is -5.26. The van der Waals surface area contributed by atoms with E-state index in [-0.39, 0.29) is 25.2 Å². The molecule has 2 fully saturated rings. The van der Waals surface area contributed by atoms with Gasteiger partial charge in [-0.2, -0.15) is 0 Å². The molecule has 2 saturated heterocycles. The van der Waals surface area contributed by atoms with Crippen molar-refractivity contribution in [1.29, 1.82) is 0 Å². The van der Waals surface area contributed by atoms with Crippen LogP contribution in [0.2, 0.25) is 0 Å². The molecule has 3 aliphatic heterocycles. The summed E-state index contributed by atoms with van der Waals surface area (Å²) in [7, 11) is 6.42. The van der Waals surface area contributed by atoms with Crippen molar-refractivity contribution in [2.24, 2.45) is 29.1 Å². The highest BCUT2D eigenvalue weighted by Gasteiger charge is 2.54. The van der Waals surface area contributed by atoms with E-state index in [9.17, 15) is 24.0 Å². The number of hydrogen-bond donors (Lipinski definition) is 0. The minimum absolute atomic E-state index is 0.0635. The second kappa shape index (κ2) is 28.0. The zero-order chi connectivity index (χ0) is 52.8. The average Bonchev–Trinajstić information content (AvgIpc) is 3.28. The number of ether oxygens (including phenoxy) is 12. The van der Waals surface area contributed by atoms with Gasteiger partial charge < -0.3 is 56.8 Å². The van der Waals surface area contributed by atoms with Crippen molar-refractivity contribution in [3.8, 4) is 0 Å².